The Hall–Kier alpha value is -1.74. The third-order valence-corrected chi connectivity index (χ3v) is 5.45. The molecule has 110 valence electrons. The summed E-state index contributed by atoms with van der Waals surface area (Å²) in [7, 11) is 0. The molecule has 0 amide bonds. The van der Waals surface area contributed by atoms with Gasteiger partial charge in [-0.1, -0.05) is 6.42 Å². The smallest absolute Gasteiger partial charge is 0.150 e. The van der Waals surface area contributed by atoms with Crippen LogP contribution in [0.5, 0.6) is 0 Å². The Labute approximate surface area is 135 Å². The van der Waals surface area contributed by atoms with E-state index >= 15 is 0 Å². The first-order valence-corrected chi connectivity index (χ1v) is 8.55. The Morgan fingerprint density at radius 3 is 2.68 bits per heavy atom. The maximum absolute atomic E-state index is 11.1. The van der Waals surface area contributed by atoms with Gasteiger partial charge in [0.2, 0.25) is 0 Å². The lowest BCUT2D eigenvalue weighted by Crippen LogP contribution is -2.26. The molecule has 1 fully saturated rings. The predicted octanol–water partition coefficient (Wildman–Crippen LogP) is 5.05. The number of hydrogen-bond acceptors (Lipinski definition) is 3. The van der Waals surface area contributed by atoms with Crippen LogP contribution in [0.2, 0.25) is 0 Å². The second-order valence-corrected chi connectivity index (χ2v) is 6.73. The summed E-state index contributed by atoms with van der Waals surface area (Å²) in [5.74, 6) is 0.554. The normalized spacial score (nSPS) is 22.5. The van der Waals surface area contributed by atoms with Gasteiger partial charge in [-0.05, 0) is 60.9 Å². The molecule has 2 aromatic rings. The lowest BCUT2D eigenvalue weighted by molar-refractivity contribution is 0.112. The number of nitrogens with zero attached hydrogens (tertiary/aromatic N) is 1. The van der Waals surface area contributed by atoms with Crippen molar-refractivity contribution in [1.82, 2.24) is 0 Å². The summed E-state index contributed by atoms with van der Waals surface area (Å²) < 4.78 is 0. The van der Waals surface area contributed by atoms with Crippen LogP contribution in [-0.2, 0) is 0 Å². The van der Waals surface area contributed by atoms with Gasteiger partial charge in [0.05, 0.1) is 0 Å². The van der Waals surface area contributed by atoms with E-state index in [4.69, 9.17) is 6.26 Å². The molecule has 2 aliphatic rings. The van der Waals surface area contributed by atoms with E-state index in [0.29, 0.717) is 12.0 Å². The predicted molar refractivity (Wildman–Crippen MR) is 90.9 cm³/mol. The van der Waals surface area contributed by atoms with E-state index in [1.54, 1.807) is 0 Å². The molecular weight excluding hydrogens is 290 g/mol. The van der Waals surface area contributed by atoms with Crippen LogP contribution in [0.25, 0.3) is 0 Å². The van der Waals surface area contributed by atoms with Crippen molar-refractivity contribution in [2.75, 3.05) is 4.90 Å². The van der Waals surface area contributed by atoms with Crippen LogP contribution in [0.4, 0.5) is 11.4 Å². The highest BCUT2D eigenvalue weighted by Gasteiger charge is 2.42. The summed E-state index contributed by atoms with van der Waals surface area (Å²) in [5.41, 5.74) is 4.59. The van der Waals surface area contributed by atoms with Crippen LogP contribution in [0.1, 0.15) is 41.1 Å². The van der Waals surface area contributed by atoms with Crippen LogP contribution < -0.4 is 4.90 Å². The Bertz CT molecular complexity index is 710. The van der Waals surface area contributed by atoms with Crippen LogP contribution in [0, 0.1) is 6.26 Å². The lowest BCUT2D eigenvalue weighted by atomic mass is 9.96. The lowest BCUT2D eigenvalue weighted by Gasteiger charge is -2.27. The Kier molecular flexibility index (Phi) is 3.45. The third-order valence-electron chi connectivity index (χ3n) is 4.91. The first kappa shape index (κ1) is 13.9. The van der Waals surface area contributed by atoms with Gasteiger partial charge in [-0.2, -0.15) is 0 Å². The largest absolute Gasteiger partial charge is 0.338 e. The average Bonchev–Trinajstić information content (AvgIpc) is 3.15. The van der Waals surface area contributed by atoms with E-state index in [9.17, 15) is 4.79 Å². The summed E-state index contributed by atoms with van der Waals surface area (Å²) >= 11 is 1.27. The van der Waals surface area contributed by atoms with Crippen molar-refractivity contribution in [3.63, 3.8) is 0 Å². The summed E-state index contributed by atoms with van der Waals surface area (Å²) in [6, 6.07) is 15.1. The molecule has 0 bridgehead atoms. The molecular formula is C19H17NOS. The van der Waals surface area contributed by atoms with E-state index in [2.05, 4.69) is 41.3 Å². The van der Waals surface area contributed by atoms with Crippen molar-refractivity contribution in [3.05, 3.63) is 59.8 Å². The number of carbonyl (C=O) groups excluding carboxylic acids is 1. The summed E-state index contributed by atoms with van der Waals surface area (Å²) in [6.45, 7) is 0. The van der Waals surface area contributed by atoms with Crippen molar-refractivity contribution in [3.8, 4) is 0 Å². The summed E-state index contributed by atoms with van der Waals surface area (Å²) in [5, 5.41) is 0. The van der Waals surface area contributed by atoms with Crippen LogP contribution in [0.15, 0.2) is 47.4 Å². The quantitative estimate of drug-likeness (QED) is 0.585. The van der Waals surface area contributed by atoms with E-state index in [-0.39, 0.29) is 0 Å². The zero-order valence-electron chi connectivity index (χ0n) is 12.2. The third kappa shape index (κ3) is 2.07. The molecule has 4 rings (SSSR count). The Morgan fingerprint density at radius 2 is 1.95 bits per heavy atom. The highest BCUT2D eigenvalue weighted by molar-refractivity contribution is 8.00. The van der Waals surface area contributed by atoms with E-state index in [1.807, 2.05) is 6.07 Å². The number of benzene rings is 2. The molecule has 2 radical (unpaired) electrons. The van der Waals surface area contributed by atoms with Crippen molar-refractivity contribution < 1.29 is 4.79 Å². The van der Waals surface area contributed by atoms with Gasteiger partial charge < -0.3 is 4.90 Å². The monoisotopic (exact) mass is 307 g/mol. The maximum atomic E-state index is 11.1. The van der Waals surface area contributed by atoms with Gasteiger partial charge in [0, 0.05) is 40.0 Å². The maximum Gasteiger partial charge on any atom is 0.150 e. The molecule has 1 heterocycles. The molecule has 1 aliphatic carbocycles. The molecule has 3 heteroatoms. The Balaban J connectivity index is 1.80. The van der Waals surface area contributed by atoms with Crippen molar-refractivity contribution in [1.29, 1.82) is 0 Å². The van der Waals surface area contributed by atoms with Crippen molar-refractivity contribution in [2.45, 2.75) is 36.1 Å². The molecule has 22 heavy (non-hydrogen) atoms. The number of anilines is 2. The van der Waals surface area contributed by atoms with Gasteiger partial charge in [0.25, 0.3) is 0 Å². The highest BCUT2D eigenvalue weighted by atomic mass is 32.2. The van der Waals surface area contributed by atoms with Crippen molar-refractivity contribution >= 4 is 29.4 Å². The highest BCUT2D eigenvalue weighted by Crippen LogP contribution is 2.52. The fraction of sp³-hybridized carbons (Fsp3) is 0.263. The molecule has 2 atom stereocenters. The van der Waals surface area contributed by atoms with Gasteiger partial charge >= 0.3 is 0 Å². The second kappa shape index (κ2) is 5.47. The van der Waals surface area contributed by atoms with Crippen molar-refractivity contribution in [2.24, 2.45) is 0 Å². The minimum atomic E-state index is 0.522. The first-order valence-electron chi connectivity index (χ1n) is 7.67. The molecule has 0 N–H and O–H groups in total. The minimum absolute atomic E-state index is 0.522. The standard InChI is InChI=1S/C19H17NOS/c1-22-15-8-6-14(7-9-15)20-18-4-2-3-16(18)17-11-13(12-21)5-10-19(17)20/h1,5-12,16,18H,2-4H2. The molecule has 0 spiro atoms. The molecule has 1 saturated carbocycles. The van der Waals surface area contributed by atoms with Gasteiger partial charge in [-0.25, -0.2) is 0 Å². The number of aldehydes is 1. The van der Waals surface area contributed by atoms with E-state index in [0.717, 1.165) is 16.7 Å². The average molecular weight is 307 g/mol. The van der Waals surface area contributed by atoms with Gasteiger partial charge in [-0.3, -0.25) is 4.79 Å². The molecule has 0 aromatic heterocycles. The summed E-state index contributed by atoms with van der Waals surface area (Å²) in [6.07, 6.45) is 10.2. The fourth-order valence-corrected chi connectivity index (χ4v) is 4.26. The number of thioether (sulfide) groups is 1. The zero-order valence-corrected chi connectivity index (χ0v) is 13.1. The van der Waals surface area contributed by atoms with Crippen LogP contribution >= 0.6 is 11.8 Å². The molecule has 2 unspecified atom stereocenters. The van der Waals surface area contributed by atoms with Crippen LogP contribution in [0.3, 0.4) is 0 Å². The topological polar surface area (TPSA) is 20.3 Å². The second-order valence-electron chi connectivity index (χ2n) is 6.02. The van der Waals surface area contributed by atoms with Gasteiger partial charge in [0.1, 0.15) is 6.29 Å². The SMILES string of the molecule is [CH]Sc1ccc(N2c3ccc(C=O)cc3C3CCCC32)cc1. The van der Waals surface area contributed by atoms with Gasteiger partial charge in [0.15, 0.2) is 0 Å². The molecule has 0 saturated heterocycles. The molecule has 2 aromatic carbocycles. The minimum Gasteiger partial charge on any atom is -0.338 e. The van der Waals surface area contributed by atoms with E-state index in [1.165, 1.54) is 48.0 Å². The number of fused-ring (bicyclic) bond motifs is 3. The number of carbonyl (C=O) groups is 1. The fourth-order valence-electron chi connectivity index (χ4n) is 3.97. The number of rotatable bonds is 3. The summed E-state index contributed by atoms with van der Waals surface area (Å²) in [4.78, 5) is 14.6. The van der Waals surface area contributed by atoms with Crippen LogP contribution in [-0.4, -0.2) is 12.3 Å². The molecule has 1 aliphatic heterocycles. The number of hydrogen-bond donors (Lipinski definition) is 0. The Morgan fingerprint density at radius 1 is 1.14 bits per heavy atom. The zero-order chi connectivity index (χ0) is 15.1. The van der Waals surface area contributed by atoms with Gasteiger partial charge in [-0.15, -0.1) is 11.8 Å². The molecule has 2 nitrogen and oxygen atoms in total. The first-order chi connectivity index (χ1) is 10.8. The van der Waals surface area contributed by atoms with E-state index < -0.39 is 0 Å².